The van der Waals surface area contributed by atoms with Gasteiger partial charge in [-0.05, 0) is 36.2 Å². The Bertz CT molecular complexity index is 997. The lowest BCUT2D eigenvalue weighted by atomic mass is 9.94. The molecule has 3 atom stereocenters. The second kappa shape index (κ2) is 7.98. The molecule has 4 rings (SSSR count). The Labute approximate surface area is 169 Å². The van der Waals surface area contributed by atoms with Crippen molar-refractivity contribution in [2.75, 3.05) is 6.54 Å². The smallest absolute Gasteiger partial charge is 0.222 e. The number of carbonyl (C=O) groups is 1. The molecular weight excluding hydrogens is 369 g/mol. The highest BCUT2D eigenvalue weighted by atomic mass is 19.1. The molecule has 1 amide bonds. The van der Waals surface area contributed by atoms with Crippen molar-refractivity contribution in [2.45, 2.75) is 31.7 Å². The highest BCUT2D eigenvalue weighted by Crippen LogP contribution is 2.29. The van der Waals surface area contributed by atoms with Gasteiger partial charge < -0.3 is 20.6 Å². The molecule has 2 heterocycles. The van der Waals surface area contributed by atoms with Crippen molar-refractivity contribution in [1.82, 2.24) is 15.5 Å². The Morgan fingerprint density at radius 2 is 2.03 bits per heavy atom. The predicted octanol–water partition coefficient (Wildman–Crippen LogP) is 2.49. The zero-order chi connectivity index (χ0) is 20.4. The summed E-state index contributed by atoms with van der Waals surface area (Å²) in [7, 11) is 0. The molecule has 0 aliphatic carbocycles. The maximum absolute atomic E-state index is 14.6. The normalized spacial score (nSPS) is 20.9. The number of benzene rings is 2. The monoisotopic (exact) mass is 391 g/mol. The number of nitrogens with one attached hydrogen (secondary N) is 2. The van der Waals surface area contributed by atoms with Crippen molar-refractivity contribution < 1.29 is 14.3 Å². The molecule has 0 saturated carbocycles. The van der Waals surface area contributed by atoms with Crippen LogP contribution in [0, 0.1) is 17.7 Å². The molecule has 6 heteroatoms. The molecule has 3 unspecified atom stereocenters. The van der Waals surface area contributed by atoms with E-state index >= 15 is 0 Å². The van der Waals surface area contributed by atoms with Crippen LogP contribution in [0.4, 0.5) is 4.39 Å². The Morgan fingerprint density at radius 3 is 2.69 bits per heavy atom. The number of hydrogen-bond acceptors (Lipinski definition) is 4. The van der Waals surface area contributed by atoms with Gasteiger partial charge in [-0.1, -0.05) is 36.1 Å². The lowest BCUT2D eigenvalue weighted by Crippen LogP contribution is -2.43. The predicted molar refractivity (Wildman–Crippen MR) is 109 cm³/mol. The Morgan fingerprint density at radius 1 is 1.28 bits per heavy atom. The third-order valence-electron chi connectivity index (χ3n) is 5.16. The number of hydrogen-bond donors (Lipinski definition) is 3. The zero-order valence-corrected chi connectivity index (χ0v) is 16.0. The lowest BCUT2D eigenvalue weighted by molar-refractivity contribution is -0.128. The van der Waals surface area contributed by atoms with Gasteiger partial charge in [-0.25, -0.2) is 4.39 Å². The van der Waals surface area contributed by atoms with Crippen LogP contribution in [-0.4, -0.2) is 34.7 Å². The van der Waals surface area contributed by atoms with E-state index in [0.717, 1.165) is 16.7 Å². The molecule has 1 fully saturated rings. The number of β-lactam (4-membered cyclic amide) rings is 1. The van der Waals surface area contributed by atoms with Gasteiger partial charge in [0.15, 0.2) is 0 Å². The molecule has 0 radical (unpaired) electrons. The Balaban J connectivity index is 1.42. The molecule has 2 aromatic carbocycles. The summed E-state index contributed by atoms with van der Waals surface area (Å²) < 4.78 is 14.6. The van der Waals surface area contributed by atoms with Gasteiger partial charge in [-0.2, -0.15) is 0 Å². The number of aliphatic hydroxyl groups excluding tert-OH is 1. The van der Waals surface area contributed by atoms with E-state index in [1.165, 1.54) is 6.07 Å². The van der Waals surface area contributed by atoms with Gasteiger partial charge in [-0.3, -0.25) is 4.79 Å². The van der Waals surface area contributed by atoms with E-state index in [1.807, 2.05) is 41.4 Å². The average Bonchev–Trinajstić information content (AvgIpc) is 3.15. The maximum Gasteiger partial charge on any atom is 0.222 e. The van der Waals surface area contributed by atoms with Crippen LogP contribution in [0.3, 0.4) is 0 Å². The third kappa shape index (κ3) is 4.10. The minimum absolute atomic E-state index is 0.00501. The van der Waals surface area contributed by atoms with Crippen molar-refractivity contribution in [2.24, 2.45) is 0 Å². The van der Waals surface area contributed by atoms with E-state index in [2.05, 4.69) is 22.5 Å². The Kier molecular flexibility index (Phi) is 5.24. The van der Waals surface area contributed by atoms with Crippen LogP contribution in [0.1, 0.15) is 30.5 Å². The zero-order valence-electron chi connectivity index (χ0n) is 16.0. The van der Waals surface area contributed by atoms with Gasteiger partial charge in [0.05, 0.1) is 25.1 Å². The highest BCUT2D eigenvalue weighted by Gasteiger charge is 2.27. The average molecular weight is 391 g/mol. The minimum atomic E-state index is -0.507. The van der Waals surface area contributed by atoms with E-state index in [0.29, 0.717) is 18.5 Å². The van der Waals surface area contributed by atoms with Gasteiger partial charge in [0.25, 0.3) is 0 Å². The van der Waals surface area contributed by atoms with Crippen LogP contribution < -0.4 is 10.6 Å². The highest BCUT2D eigenvalue weighted by molar-refractivity contribution is 5.83. The molecule has 0 aromatic heterocycles. The number of nitrogens with zero attached hydrogens (tertiary/aromatic N) is 1. The molecule has 2 aliphatic heterocycles. The second-order valence-corrected chi connectivity index (χ2v) is 7.28. The van der Waals surface area contributed by atoms with Crippen LogP contribution >= 0.6 is 0 Å². The van der Waals surface area contributed by atoms with E-state index < -0.39 is 6.10 Å². The van der Waals surface area contributed by atoms with E-state index in [9.17, 15) is 14.3 Å². The quantitative estimate of drug-likeness (QED) is 0.554. The Hall–Kier alpha value is -3.30. The molecule has 1 saturated heterocycles. The van der Waals surface area contributed by atoms with Gasteiger partial charge in [-0.15, -0.1) is 0 Å². The fourth-order valence-electron chi connectivity index (χ4n) is 3.50. The number of halogens is 1. The molecule has 0 spiro atoms. The summed E-state index contributed by atoms with van der Waals surface area (Å²) in [6.07, 6.45) is 3.41. The molecular formula is C23H22FN3O2. The molecule has 2 aliphatic rings. The number of rotatable bonds is 4. The lowest BCUT2D eigenvalue weighted by Gasteiger charge is -2.27. The SMILES string of the molecule is CC(O)C1NC=CN1CC#Cc1ccc(-c2ccc(C3CC(=O)N3)cc2F)cc1. The first-order valence-corrected chi connectivity index (χ1v) is 9.56. The number of carbonyl (C=O) groups excluding carboxylic acids is 1. The van der Waals surface area contributed by atoms with Crippen LogP contribution in [0.5, 0.6) is 0 Å². The summed E-state index contributed by atoms with van der Waals surface area (Å²) in [5, 5.41) is 15.6. The topological polar surface area (TPSA) is 64.6 Å². The molecule has 5 nitrogen and oxygen atoms in total. The van der Waals surface area contributed by atoms with Crippen LogP contribution in [-0.2, 0) is 4.79 Å². The van der Waals surface area contributed by atoms with Crippen molar-refractivity contribution in [3.05, 3.63) is 71.8 Å². The van der Waals surface area contributed by atoms with Crippen molar-refractivity contribution in [3.8, 4) is 23.0 Å². The van der Waals surface area contributed by atoms with E-state index in [-0.39, 0.29) is 23.9 Å². The van der Waals surface area contributed by atoms with Crippen LogP contribution in [0.15, 0.2) is 54.9 Å². The van der Waals surface area contributed by atoms with Crippen molar-refractivity contribution >= 4 is 5.91 Å². The van der Waals surface area contributed by atoms with Crippen LogP contribution in [0.2, 0.25) is 0 Å². The first-order chi connectivity index (χ1) is 14.0. The minimum Gasteiger partial charge on any atom is -0.389 e. The summed E-state index contributed by atoms with van der Waals surface area (Å²) in [4.78, 5) is 13.0. The second-order valence-electron chi connectivity index (χ2n) is 7.28. The van der Waals surface area contributed by atoms with Gasteiger partial charge in [0, 0.05) is 23.5 Å². The van der Waals surface area contributed by atoms with Gasteiger partial charge in [0.2, 0.25) is 5.91 Å². The molecule has 3 N–H and O–H groups in total. The standard InChI is InChI=1S/C23H22FN3O2/c1-15(28)23-25-10-12-27(23)11-2-3-16-4-6-17(7-5-16)19-9-8-18(13-20(19)24)21-14-22(29)26-21/h4-10,12-13,15,21,23,25,28H,11,14H2,1H3,(H,26,29). The summed E-state index contributed by atoms with van der Waals surface area (Å²) in [5.74, 6) is 5.89. The van der Waals surface area contributed by atoms with Crippen LogP contribution in [0.25, 0.3) is 11.1 Å². The third-order valence-corrected chi connectivity index (χ3v) is 5.16. The summed E-state index contributed by atoms with van der Waals surface area (Å²) in [6, 6.07) is 12.4. The van der Waals surface area contributed by atoms with E-state index in [1.54, 1.807) is 19.2 Å². The van der Waals surface area contributed by atoms with Gasteiger partial charge >= 0.3 is 0 Å². The molecule has 148 valence electrons. The fraction of sp³-hybridized carbons (Fsp3) is 0.261. The first kappa shape index (κ1) is 19.0. The molecule has 2 aromatic rings. The number of amides is 1. The summed E-state index contributed by atoms with van der Waals surface area (Å²) in [6.45, 7) is 2.23. The first-order valence-electron chi connectivity index (χ1n) is 9.56. The molecule has 0 bridgehead atoms. The van der Waals surface area contributed by atoms with Crippen molar-refractivity contribution in [1.29, 1.82) is 0 Å². The number of aliphatic hydroxyl groups is 1. The maximum atomic E-state index is 14.6. The molecule has 29 heavy (non-hydrogen) atoms. The summed E-state index contributed by atoms with van der Waals surface area (Å²) in [5.41, 5.74) is 2.92. The van der Waals surface area contributed by atoms with E-state index in [4.69, 9.17) is 0 Å². The van der Waals surface area contributed by atoms with Gasteiger partial charge in [0.1, 0.15) is 12.0 Å². The summed E-state index contributed by atoms with van der Waals surface area (Å²) >= 11 is 0. The van der Waals surface area contributed by atoms with Crippen molar-refractivity contribution in [3.63, 3.8) is 0 Å². The largest absolute Gasteiger partial charge is 0.389 e. The fourth-order valence-corrected chi connectivity index (χ4v) is 3.50.